The van der Waals surface area contributed by atoms with Crippen molar-refractivity contribution in [3.8, 4) is 11.6 Å². The summed E-state index contributed by atoms with van der Waals surface area (Å²) in [4.78, 5) is 0. The Hall–Kier alpha value is -2.10. The third kappa shape index (κ3) is 2.90. The number of hydrogen-bond acceptors (Lipinski definition) is 3. The maximum Gasteiger partial charge on any atom is 0.402 e. The van der Waals surface area contributed by atoms with Gasteiger partial charge in [0.25, 0.3) is 0 Å². The largest absolute Gasteiger partial charge is 0.439 e. The Kier molecular flexibility index (Phi) is 3.81. The first kappa shape index (κ1) is 12.9. The smallest absolute Gasteiger partial charge is 0.402 e. The summed E-state index contributed by atoms with van der Waals surface area (Å²) in [5.41, 5.74) is 7.47. The number of aromatic nitrogens is 2. The summed E-state index contributed by atoms with van der Waals surface area (Å²) in [5.74, 6) is 0.725. The number of nitrogens with two attached hydrogens (primary N) is 1. The van der Waals surface area contributed by atoms with Gasteiger partial charge in [-0.3, -0.25) is 0 Å². The Morgan fingerprint density at radius 2 is 1.85 bits per heavy atom. The third-order valence-electron chi connectivity index (χ3n) is 3.66. The van der Waals surface area contributed by atoms with E-state index in [2.05, 4.69) is 5.10 Å². The van der Waals surface area contributed by atoms with Crippen molar-refractivity contribution >= 4 is 5.69 Å². The van der Waals surface area contributed by atoms with E-state index in [4.69, 9.17) is 10.5 Å². The van der Waals surface area contributed by atoms with Gasteiger partial charge >= 0.3 is 5.88 Å². The molecule has 4 heteroatoms. The molecule has 0 atom stereocenters. The van der Waals surface area contributed by atoms with Gasteiger partial charge in [0.1, 0.15) is 12.3 Å². The van der Waals surface area contributed by atoms with Crippen LogP contribution in [-0.2, 0) is 0 Å². The molecule has 0 unspecified atom stereocenters. The van der Waals surface area contributed by atoms with Crippen LogP contribution in [0.3, 0.4) is 0 Å². The van der Waals surface area contributed by atoms with Crippen molar-refractivity contribution in [3.05, 3.63) is 42.6 Å². The Morgan fingerprint density at radius 3 is 2.60 bits per heavy atom. The molecular formula is C16H20N3O+. The predicted octanol–water partition coefficient (Wildman–Crippen LogP) is 2.65. The van der Waals surface area contributed by atoms with Gasteiger partial charge in [0.15, 0.2) is 0 Å². The first-order chi connectivity index (χ1) is 9.83. The summed E-state index contributed by atoms with van der Waals surface area (Å²) < 4.78 is 7.95. The first-order valence-electron chi connectivity index (χ1n) is 7.23. The fourth-order valence-electron chi connectivity index (χ4n) is 2.62. The summed E-state index contributed by atoms with van der Waals surface area (Å²) in [5, 5.41) is 4.38. The second-order valence-corrected chi connectivity index (χ2v) is 5.25. The third-order valence-corrected chi connectivity index (χ3v) is 3.66. The minimum Gasteiger partial charge on any atom is -0.439 e. The van der Waals surface area contributed by atoms with Crippen LogP contribution in [0.25, 0.3) is 5.69 Å². The number of rotatable bonds is 3. The molecule has 0 amide bonds. The van der Waals surface area contributed by atoms with Crippen LogP contribution in [0.2, 0.25) is 0 Å². The number of nitrogens with zero attached hydrogens (tertiary/aromatic N) is 2. The molecule has 4 nitrogen and oxygen atoms in total. The summed E-state index contributed by atoms with van der Waals surface area (Å²) in [7, 11) is 0. The zero-order valence-electron chi connectivity index (χ0n) is 11.5. The average molecular weight is 270 g/mol. The molecule has 104 valence electrons. The molecule has 2 aromatic rings. The Labute approximate surface area is 119 Å². The highest BCUT2D eigenvalue weighted by atomic mass is 16.5. The summed E-state index contributed by atoms with van der Waals surface area (Å²) in [6.07, 6.45) is 7.96. The van der Waals surface area contributed by atoms with Crippen molar-refractivity contribution in [2.45, 2.75) is 38.2 Å². The van der Waals surface area contributed by atoms with Gasteiger partial charge in [-0.15, -0.1) is 0 Å². The van der Waals surface area contributed by atoms with Crippen LogP contribution >= 0.6 is 0 Å². The number of ether oxygens (including phenoxy) is 1. The molecule has 1 fully saturated rings. The quantitative estimate of drug-likeness (QED) is 0.872. The molecule has 0 saturated heterocycles. The molecule has 2 N–H and O–H groups in total. The predicted molar refractivity (Wildman–Crippen MR) is 77.7 cm³/mol. The lowest BCUT2D eigenvalue weighted by atomic mass is 9.98. The van der Waals surface area contributed by atoms with Gasteiger partial charge in [-0.2, -0.15) is 0 Å². The van der Waals surface area contributed by atoms with Gasteiger partial charge < -0.3 is 10.5 Å². The van der Waals surface area contributed by atoms with Crippen molar-refractivity contribution in [1.29, 1.82) is 0 Å². The molecule has 0 bridgehead atoms. The number of hydrogen-bond donors (Lipinski definition) is 1. The van der Waals surface area contributed by atoms with Crippen LogP contribution in [0.1, 0.15) is 32.1 Å². The Bertz CT molecular complexity index is 565. The van der Waals surface area contributed by atoms with E-state index in [0.717, 1.165) is 24.4 Å². The molecule has 1 aromatic carbocycles. The highest BCUT2D eigenvalue weighted by Crippen LogP contribution is 2.22. The monoisotopic (exact) mass is 270 g/mol. The maximum atomic E-state index is 6.14. The van der Waals surface area contributed by atoms with E-state index in [1.807, 2.05) is 41.1 Å². The van der Waals surface area contributed by atoms with Gasteiger partial charge in [0.2, 0.25) is 5.69 Å². The molecule has 1 heterocycles. The summed E-state index contributed by atoms with van der Waals surface area (Å²) >= 11 is 0. The minimum atomic E-state index is 0.280. The lowest BCUT2D eigenvalue weighted by Gasteiger charge is -2.21. The molecule has 0 spiro atoms. The normalized spacial score (nSPS) is 16.0. The molecule has 3 rings (SSSR count). The van der Waals surface area contributed by atoms with Crippen LogP contribution in [0.15, 0.2) is 42.6 Å². The molecule has 1 aliphatic carbocycles. The van der Waals surface area contributed by atoms with Gasteiger partial charge in [-0.05, 0) is 30.4 Å². The number of nitrogen functional groups attached to an aromatic ring is 1. The fraction of sp³-hybridized carbons (Fsp3) is 0.375. The summed E-state index contributed by atoms with van der Waals surface area (Å²) in [6, 6.07) is 11.8. The fourth-order valence-corrected chi connectivity index (χ4v) is 2.62. The lowest BCUT2D eigenvalue weighted by molar-refractivity contribution is -0.666. The van der Waals surface area contributed by atoms with Crippen LogP contribution in [0.4, 0.5) is 5.69 Å². The SMILES string of the molecule is Nc1cn[n+](-c2ccccc2)c(OC2CCCCC2)c1. The first-order valence-corrected chi connectivity index (χ1v) is 7.23. The van der Waals surface area contributed by atoms with Gasteiger partial charge in [0, 0.05) is 17.2 Å². The molecule has 0 radical (unpaired) electrons. The Balaban J connectivity index is 1.90. The molecule has 0 aliphatic heterocycles. The topological polar surface area (TPSA) is 52.0 Å². The van der Waals surface area contributed by atoms with E-state index >= 15 is 0 Å². The van der Waals surface area contributed by atoms with E-state index in [0.29, 0.717) is 5.69 Å². The van der Waals surface area contributed by atoms with Gasteiger partial charge in [-0.25, -0.2) is 0 Å². The van der Waals surface area contributed by atoms with Crippen molar-refractivity contribution in [2.24, 2.45) is 0 Å². The molecule has 1 aromatic heterocycles. The average Bonchev–Trinajstić information content (AvgIpc) is 2.49. The van der Waals surface area contributed by atoms with Crippen LogP contribution in [0.5, 0.6) is 5.88 Å². The molecular weight excluding hydrogens is 250 g/mol. The zero-order valence-corrected chi connectivity index (χ0v) is 11.5. The van der Waals surface area contributed by atoms with E-state index in [-0.39, 0.29) is 6.10 Å². The molecule has 1 saturated carbocycles. The minimum absolute atomic E-state index is 0.280. The maximum absolute atomic E-state index is 6.14. The second kappa shape index (κ2) is 5.90. The van der Waals surface area contributed by atoms with Crippen LogP contribution in [0, 0.1) is 0 Å². The zero-order chi connectivity index (χ0) is 13.8. The number of benzene rings is 1. The van der Waals surface area contributed by atoms with Crippen molar-refractivity contribution in [2.75, 3.05) is 5.73 Å². The van der Waals surface area contributed by atoms with Crippen LogP contribution in [-0.4, -0.2) is 11.2 Å². The highest BCUT2D eigenvalue weighted by Gasteiger charge is 2.23. The van der Waals surface area contributed by atoms with Crippen LogP contribution < -0.4 is 15.2 Å². The van der Waals surface area contributed by atoms with Crippen molar-refractivity contribution in [3.63, 3.8) is 0 Å². The van der Waals surface area contributed by atoms with E-state index in [9.17, 15) is 0 Å². The lowest BCUT2D eigenvalue weighted by Crippen LogP contribution is -2.39. The van der Waals surface area contributed by atoms with E-state index in [1.54, 1.807) is 6.20 Å². The van der Waals surface area contributed by atoms with Gasteiger partial charge in [-0.1, -0.05) is 24.6 Å². The van der Waals surface area contributed by atoms with E-state index in [1.165, 1.54) is 19.3 Å². The van der Waals surface area contributed by atoms with Crippen molar-refractivity contribution < 1.29 is 9.42 Å². The highest BCUT2D eigenvalue weighted by molar-refractivity contribution is 5.36. The number of anilines is 1. The Morgan fingerprint density at radius 1 is 1.10 bits per heavy atom. The van der Waals surface area contributed by atoms with Crippen molar-refractivity contribution in [1.82, 2.24) is 5.10 Å². The van der Waals surface area contributed by atoms with Gasteiger partial charge in [0.05, 0.1) is 11.8 Å². The summed E-state index contributed by atoms with van der Waals surface area (Å²) in [6.45, 7) is 0. The second-order valence-electron chi connectivity index (χ2n) is 5.25. The standard InChI is InChI=1S/C16H19N3O/c17-13-11-16(20-15-9-5-2-6-10-15)19(18-12-13)14-7-3-1-4-8-14/h1,3-4,7-8,11-12,15,17H,2,5-6,9-10H2/p+1. The molecule has 1 aliphatic rings. The number of para-hydroxylation sites is 1. The van der Waals surface area contributed by atoms with E-state index < -0.39 is 0 Å². The molecule has 20 heavy (non-hydrogen) atoms.